The van der Waals surface area contributed by atoms with Gasteiger partial charge in [-0.1, -0.05) is 0 Å². The summed E-state index contributed by atoms with van der Waals surface area (Å²) in [6, 6.07) is 4.01. The first-order valence-electron chi connectivity index (χ1n) is 6.60. The van der Waals surface area contributed by atoms with Crippen molar-refractivity contribution in [2.24, 2.45) is 11.7 Å². The fraction of sp³-hybridized carbons (Fsp3) is 0.429. The van der Waals surface area contributed by atoms with Gasteiger partial charge in [0.05, 0.1) is 11.3 Å². The van der Waals surface area contributed by atoms with Gasteiger partial charge in [-0.05, 0) is 43.9 Å². The second kappa shape index (κ2) is 5.92. The van der Waals surface area contributed by atoms with Crippen LogP contribution in [0.25, 0.3) is 0 Å². The van der Waals surface area contributed by atoms with E-state index in [1.54, 1.807) is 0 Å². The molecule has 108 valence electrons. The number of carboxylic acid groups (broad SMARTS) is 1. The van der Waals surface area contributed by atoms with Crippen molar-refractivity contribution < 1.29 is 19.8 Å². The van der Waals surface area contributed by atoms with Gasteiger partial charge in [-0.25, -0.2) is 4.79 Å². The van der Waals surface area contributed by atoms with E-state index in [0.717, 1.165) is 18.9 Å². The van der Waals surface area contributed by atoms with Crippen LogP contribution in [0.15, 0.2) is 18.2 Å². The first-order chi connectivity index (χ1) is 9.47. The number of rotatable bonds is 3. The van der Waals surface area contributed by atoms with Crippen LogP contribution in [0.5, 0.6) is 5.75 Å². The van der Waals surface area contributed by atoms with Crippen LogP contribution in [0.2, 0.25) is 0 Å². The molecule has 1 aliphatic carbocycles. The fourth-order valence-electron chi connectivity index (χ4n) is 2.43. The average molecular weight is 278 g/mol. The molecule has 1 amide bonds. The standard InChI is InChI=1S/C14H18N2O4/c15-9-3-1-8(2-4-9)13(18)16-12-6-5-10(17)7-11(12)14(19)20/h5-9,17H,1-4,15H2,(H,16,18)(H,19,20). The lowest BCUT2D eigenvalue weighted by Gasteiger charge is -2.25. The highest BCUT2D eigenvalue weighted by Crippen LogP contribution is 2.26. The Labute approximate surface area is 116 Å². The van der Waals surface area contributed by atoms with Crippen LogP contribution in [0.1, 0.15) is 36.0 Å². The van der Waals surface area contributed by atoms with Gasteiger partial charge in [-0.3, -0.25) is 4.79 Å². The van der Waals surface area contributed by atoms with Gasteiger partial charge in [-0.15, -0.1) is 0 Å². The van der Waals surface area contributed by atoms with E-state index >= 15 is 0 Å². The third kappa shape index (κ3) is 3.27. The second-order valence-electron chi connectivity index (χ2n) is 5.14. The monoisotopic (exact) mass is 278 g/mol. The van der Waals surface area contributed by atoms with Gasteiger partial charge < -0.3 is 21.3 Å². The zero-order chi connectivity index (χ0) is 14.7. The van der Waals surface area contributed by atoms with Gasteiger partial charge in [0.2, 0.25) is 5.91 Å². The molecular weight excluding hydrogens is 260 g/mol. The first kappa shape index (κ1) is 14.3. The molecule has 1 saturated carbocycles. The molecule has 1 aromatic rings. The summed E-state index contributed by atoms with van der Waals surface area (Å²) in [6.45, 7) is 0. The van der Waals surface area contributed by atoms with E-state index in [1.165, 1.54) is 12.1 Å². The molecule has 1 fully saturated rings. The molecule has 0 atom stereocenters. The zero-order valence-electron chi connectivity index (χ0n) is 11.0. The van der Waals surface area contributed by atoms with E-state index in [1.807, 2.05) is 0 Å². The van der Waals surface area contributed by atoms with Crippen LogP contribution >= 0.6 is 0 Å². The minimum Gasteiger partial charge on any atom is -0.508 e. The number of aromatic hydroxyl groups is 1. The molecule has 20 heavy (non-hydrogen) atoms. The van der Waals surface area contributed by atoms with Crippen LogP contribution in [0, 0.1) is 5.92 Å². The largest absolute Gasteiger partial charge is 0.508 e. The Kier molecular flexibility index (Phi) is 4.24. The van der Waals surface area contributed by atoms with Gasteiger partial charge in [0.15, 0.2) is 0 Å². The van der Waals surface area contributed by atoms with Crippen molar-refractivity contribution in [1.29, 1.82) is 0 Å². The number of benzene rings is 1. The summed E-state index contributed by atoms with van der Waals surface area (Å²) in [5.41, 5.74) is 5.88. The molecule has 1 aliphatic rings. The number of carboxylic acids is 1. The van der Waals surface area contributed by atoms with Crippen molar-refractivity contribution in [3.63, 3.8) is 0 Å². The SMILES string of the molecule is NC1CCC(C(=O)Nc2ccc(O)cc2C(=O)O)CC1. The number of nitrogens with two attached hydrogens (primary N) is 1. The van der Waals surface area contributed by atoms with Gasteiger partial charge >= 0.3 is 5.97 Å². The van der Waals surface area contributed by atoms with Crippen LogP contribution < -0.4 is 11.1 Å². The third-order valence-corrected chi connectivity index (χ3v) is 3.63. The lowest BCUT2D eigenvalue weighted by Crippen LogP contribution is -2.32. The van der Waals surface area contributed by atoms with Crippen LogP contribution in [-0.4, -0.2) is 28.1 Å². The lowest BCUT2D eigenvalue weighted by atomic mass is 9.86. The molecule has 0 unspecified atom stereocenters. The fourth-order valence-corrected chi connectivity index (χ4v) is 2.43. The number of phenolic OH excluding ortho intramolecular Hbond substituents is 1. The summed E-state index contributed by atoms with van der Waals surface area (Å²) >= 11 is 0. The molecule has 0 heterocycles. The minimum absolute atomic E-state index is 0.120. The number of phenols is 1. The predicted molar refractivity (Wildman–Crippen MR) is 73.6 cm³/mol. The highest BCUT2D eigenvalue weighted by Gasteiger charge is 2.25. The minimum atomic E-state index is -1.19. The Morgan fingerprint density at radius 3 is 2.45 bits per heavy atom. The number of anilines is 1. The maximum absolute atomic E-state index is 12.1. The molecule has 1 aromatic carbocycles. The quantitative estimate of drug-likeness (QED) is 0.626. The Hall–Kier alpha value is -2.08. The Balaban J connectivity index is 2.10. The maximum Gasteiger partial charge on any atom is 0.337 e. The van der Waals surface area contributed by atoms with Gasteiger partial charge in [-0.2, -0.15) is 0 Å². The van der Waals surface area contributed by atoms with E-state index in [0.29, 0.717) is 12.8 Å². The number of amides is 1. The van der Waals surface area contributed by atoms with Gasteiger partial charge in [0, 0.05) is 12.0 Å². The van der Waals surface area contributed by atoms with E-state index in [-0.39, 0.29) is 34.9 Å². The highest BCUT2D eigenvalue weighted by atomic mass is 16.4. The Morgan fingerprint density at radius 2 is 1.85 bits per heavy atom. The molecule has 0 aromatic heterocycles. The molecule has 0 radical (unpaired) electrons. The molecule has 0 aliphatic heterocycles. The maximum atomic E-state index is 12.1. The summed E-state index contributed by atoms with van der Waals surface area (Å²) in [6.07, 6.45) is 3.04. The van der Waals surface area contributed by atoms with E-state index < -0.39 is 5.97 Å². The topological polar surface area (TPSA) is 113 Å². The van der Waals surface area contributed by atoms with Crippen LogP contribution in [0.3, 0.4) is 0 Å². The number of aromatic carboxylic acids is 1. The number of hydrogen-bond acceptors (Lipinski definition) is 4. The smallest absolute Gasteiger partial charge is 0.337 e. The van der Waals surface area contributed by atoms with Crippen molar-refractivity contribution in [3.8, 4) is 5.75 Å². The van der Waals surface area contributed by atoms with Crippen molar-refractivity contribution in [3.05, 3.63) is 23.8 Å². The Bertz CT molecular complexity index is 522. The first-order valence-corrected chi connectivity index (χ1v) is 6.60. The van der Waals surface area contributed by atoms with Crippen molar-refractivity contribution in [1.82, 2.24) is 0 Å². The van der Waals surface area contributed by atoms with E-state index in [2.05, 4.69) is 5.32 Å². The second-order valence-corrected chi connectivity index (χ2v) is 5.14. The highest BCUT2D eigenvalue weighted by molar-refractivity contribution is 6.01. The van der Waals surface area contributed by atoms with E-state index in [4.69, 9.17) is 10.8 Å². The summed E-state index contributed by atoms with van der Waals surface area (Å²) in [5.74, 6) is -1.67. The molecule has 5 N–H and O–H groups in total. The number of carbonyl (C=O) groups excluding carboxylic acids is 1. The molecular formula is C14H18N2O4. The molecule has 6 nitrogen and oxygen atoms in total. The normalized spacial score (nSPS) is 22.2. The van der Waals surface area contributed by atoms with Crippen LogP contribution in [-0.2, 0) is 4.79 Å². The molecule has 0 spiro atoms. The third-order valence-electron chi connectivity index (χ3n) is 3.63. The summed E-state index contributed by atoms with van der Waals surface area (Å²) in [5, 5.41) is 21.0. The molecule has 2 rings (SSSR count). The number of hydrogen-bond donors (Lipinski definition) is 4. The average Bonchev–Trinajstić information content (AvgIpc) is 2.41. The number of carbonyl (C=O) groups is 2. The van der Waals surface area contributed by atoms with Crippen molar-refractivity contribution >= 4 is 17.6 Å². The van der Waals surface area contributed by atoms with Crippen molar-refractivity contribution in [2.75, 3.05) is 5.32 Å². The summed E-state index contributed by atoms with van der Waals surface area (Å²) in [7, 11) is 0. The molecule has 0 bridgehead atoms. The number of nitrogens with one attached hydrogen (secondary N) is 1. The zero-order valence-corrected chi connectivity index (χ0v) is 11.0. The Morgan fingerprint density at radius 1 is 1.20 bits per heavy atom. The predicted octanol–water partition coefficient (Wildman–Crippen LogP) is 1.55. The van der Waals surface area contributed by atoms with E-state index in [9.17, 15) is 14.7 Å². The lowest BCUT2D eigenvalue weighted by molar-refractivity contribution is -0.120. The molecule has 0 saturated heterocycles. The van der Waals surface area contributed by atoms with Gasteiger partial charge in [0.25, 0.3) is 0 Å². The van der Waals surface area contributed by atoms with Crippen LogP contribution in [0.4, 0.5) is 5.69 Å². The van der Waals surface area contributed by atoms with Crippen molar-refractivity contribution in [2.45, 2.75) is 31.7 Å². The summed E-state index contributed by atoms with van der Waals surface area (Å²) < 4.78 is 0. The van der Waals surface area contributed by atoms with Gasteiger partial charge in [0.1, 0.15) is 5.75 Å². The summed E-state index contributed by atoms with van der Waals surface area (Å²) in [4.78, 5) is 23.2. The molecule has 6 heteroatoms.